The number of H-pyrrole nitrogens is 1. The van der Waals surface area contributed by atoms with Crippen molar-refractivity contribution < 1.29 is 13.9 Å². The Morgan fingerprint density at radius 1 is 1.11 bits per heavy atom. The zero-order valence-electron chi connectivity index (χ0n) is 25.4. The maximum atomic E-state index is 14.5. The molecule has 11 nitrogen and oxygen atoms in total. The number of nitrogens with one attached hydrogen (secondary N) is 1. The standard InChI is InChI=1S/C32H37ClFN9O2/c1-41-20-6-4-10-42(17-20)30-29-26(36-31(37-30)45-18-32-9-5-11-43(32)16-19(34)14-32)13-25(39-40-29)28-21(7-2-3-8-27(41)44)23(33)12-24-22(28)15-35-38-24/h12-13,15,19-20H,2-11,14,16-18H2,1H3,(H,35,38)/t19-,20-,32+/m1/s1. The molecule has 45 heavy (non-hydrogen) atoms. The third-order valence-corrected chi connectivity index (χ3v) is 10.7. The molecular weight excluding hydrogens is 597 g/mol. The van der Waals surface area contributed by atoms with Gasteiger partial charge in [0, 0.05) is 61.5 Å². The summed E-state index contributed by atoms with van der Waals surface area (Å²) in [6.45, 7) is 3.07. The highest BCUT2D eigenvalue weighted by atomic mass is 35.5. The van der Waals surface area contributed by atoms with Crippen LogP contribution in [0, 0.1) is 0 Å². The molecule has 3 aromatic heterocycles. The van der Waals surface area contributed by atoms with Gasteiger partial charge < -0.3 is 14.5 Å². The van der Waals surface area contributed by atoms with E-state index in [0.717, 1.165) is 73.6 Å². The zero-order valence-corrected chi connectivity index (χ0v) is 26.2. The number of alkyl halides is 1. The van der Waals surface area contributed by atoms with Gasteiger partial charge in [0.1, 0.15) is 18.3 Å². The van der Waals surface area contributed by atoms with Gasteiger partial charge in [0.15, 0.2) is 11.3 Å². The van der Waals surface area contributed by atoms with Crippen LogP contribution in [0.2, 0.25) is 5.02 Å². The molecule has 0 saturated carbocycles. The zero-order chi connectivity index (χ0) is 30.7. The van der Waals surface area contributed by atoms with Crippen molar-refractivity contribution in [2.45, 2.75) is 75.5 Å². The molecule has 0 spiro atoms. The predicted molar refractivity (Wildman–Crippen MR) is 169 cm³/mol. The molecule has 0 unspecified atom stereocenters. The molecule has 13 heteroatoms. The number of anilines is 1. The van der Waals surface area contributed by atoms with E-state index in [1.807, 2.05) is 24.1 Å². The van der Waals surface area contributed by atoms with E-state index in [-0.39, 0.29) is 23.5 Å². The molecule has 1 amide bonds. The Morgan fingerprint density at radius 3 is 2.91 bits per heavy atom. The molecule has 3 saturated heterocycles. The van der Waals surface area contributed by atoms with E-state index < -0.39 is 6.17 Å². The van der Waals surface area contributed by atoms with E-state index in [0.29, 0.717) is 66.5 Å². The van der Waals surface area contributed by atoms with Gasteiger partial charge in [-0.1, -0.05) is 11.6 Å². The number of nitrogens with zero attached hydrogens (tertiary/aromatic N) is 8. The first-order chi connectivity index (χ1) is 21.9. The minimum Gasteiger partial charge on any atom is -0.461 e. The molecule has 5 aliphatic heterocycles. The Bertz CT molecular complexity index is 1780. The summed E-state index contributed by atoms with van der Waals surface area (Å²) in [5.74, 6) is 0.788. The Hall–Kier alpha value is -3.64. The van der Waals surface area contributed by atoms with Crippen LogP contribution < -0.4 is 9.64 Å². The monoisotopic (exact) mass is 633 g/mol. The molecule has 5 aliphatic rings. The summed E-state index contributed by atoms with van der Waals surface area (Å²) < 4.78 is 20.9. The molecule has 1 N–H and O–H groups in total. The Kier molecular flexibility index (Phi) is 7.24. The fraction of sp³-hybridized carbons (Fsp3) is 0.562. The Morgan fingerprint density at radius 2 is 2.00 bits per heavy atom. The van der Waals surface area contributed by atoms with E-state index in [1.165, 1.54) is 0 Å². The number of carbonyl (C=O) groups excluding carboxylic acids is 1. The number of fused-ring (bicyclic) bond motifs is 8. The number of carbonyl (C=O) groups is 1. The number of likely N-dealkylation sites (N-methyl/N-ethyl adjacent to an activating group) is 1. The normalized spacial score (nSPS) is 25.9. The molecule has 6 bridgehead atoms. The van der Waals surface area contributed by atoms with E-state index >= 15 is 0 Å². The van der Waals surface area contributed by atoms with Crippen molar-refractivity contribution in [3.63, 3.8) is 0 Å². The van der Waals surface area contributed by atoms with Crippen molar-refractivity contribution in [2.24, 2.45) is 0 Å². The first kappa shape index (κ1) is 28.8. The second-order valence-electron chi connectivity index (χ2n) is 13.2. The smallest absolute Gasteiger partial charge is 0.319 e. The second kappa shape index (κ2) is 11.3. The number of aromatic nitrogens is 6. The van der Waals surface area contributed by atoms with Gasteiger partial charge in [-0.05, 0) is 69.2 Å². The van der Waals surface area contributed by atoms with E-state index in [4.69, 9.17) is 36.5 Å². The van der Waals surface area contributed by atoms with Gasteiger partial charge in [-0.15, -0.1) is 10.2 Å². The van der Waals surface area contributed by atoms with Crippen LogP contribution in [0.3, 0.4) is 0 Å². The minimum atomic E-state index is -0.844. The SMILES string of the molecule is CN1C(=O)CCCCc2c(Cl)cc3[nH]ncc3c2-c2cc3nc(OC[C@@]45CCCN4C[C@H](F)C5)nc(c3nn2)N2CCC[C@@H]1C2. The Balaban J connectivity index is 1.27. The third-order valence-electron chi connectivity index (χ3n) is 10.4. The lowest BCUT2D eigenvalue weighted by atomic mass is 9.95. The first-order valence-corrected chi connectivity index (χ1v) is 16.5. The van der Waals surface area contributed by atoms with Gasteiger partial charge in [0.2, 0.25) is 5.91 Å². The lowest BCUT2D eigenvalue weighted by Gasteiger charge is -2.38. The number of aromatic amines is 1. The van der Waals surface area contributed by atoms with Crippen molar-refractivity contribution in [3.05, 3.63) is 28.9 Å². The average molecular weight is 634 g/mol. The highest BCUT2D eigenvalue weighted by Crippen LogP contribution is 2.41. The number of halogens is 2. The highest BCUT2D eigenvalue weighted by molar-refractivity contribution is 6.33. The van der Waals surface area contributed by atoms with Crippen molar-refractivity contribution in [1.82, 2.24) is 40.2 Å². The molecule has 4 aromatic rings. The summed E-state index contributed by atoms with van der Waals surface area (Å²) in [6, 6.07) is 4.13. The topological polar surface area (TPSA) is 116 Å². The molecule has 0 radical (unpaired) electrons. The van der Waals surface area contributed by atoms with Gasteiger partial charge in [-0.2, -0.15) is 15.1 Å². The lowest BCUT2D eigenvalue weighted by Crippen LogP contribution is -2.49. The fourth-order valence-corrected chi connectivity index (χ4v) is 8.31. The maximum Gasteiger partial charge on any atom is 0.319 e. The third kappa shape index (κ3) is 5.06. The van der Waals surface area contributed by atoms with Crippen molar-refractivity contribution in [3.8, 4) is 17.3 Å². The number of ether oxygens (including phenoxy) is 1. The molecule has 9 rings (SSSR count). The molecule has 1 aromatic carbocycles. The summed E-state index contributed by atoms with van der Waals surface area (Å²) in [6.07, 6.45) is 7.90. The maximum absolute atomic E-state index is 14.5. The summed E-state index contributed by atoms with van der Waals surface area (Å²) in [5, 5.41) is 18.3. The average Bonchev–Trinajstić information content (AvgIpc) is 3.74. The summed E-state index contributed by atoms with van der Waals surface area (Å²) in [7, 11) is 1.91. The molecular formula is C32H37ClFN9O2. The van der Waals surface area contributed by atoms with Crippen LogP contribution in [0.25, 0.3) is 33.2 Å². The quantitative estimate of drug-likeness (QED) is 0.342. The van der Waals surface area contributed by atoms with Gasteiger partial charge in [0.25, 0.3) is 0 Å². The summed E-state index contributed by atoms with van der Waals surface area (Å²) in [5.41, 5.74) is 4.11. The fourth-order valence-electron chi connectivity index (χ4n) is 8.01. The van der Waals surface area contributed by atoms with Crippen LogP contribution >= 0.6 is 11.6 Å². The second-order valence-corrected chi connectivity index (χ2v) is 13.6. The Labute approximate surface area is 265 Å². The van der Waals surface area contributed by atoms with Crippen LogP contribution in [0.15, 0.2) is 18.3 Å². The largest absolute Gasteiger partial charge is 0.461 e. The molecule has 3 atom stereocenters. The lowest BCUT2D eigenvalue weighted by molar-refractivity contribution is -0.132. The van der Waals surface area contributed by atoms with Crippen molar-refractivity contribution in [1.29, 1.82) is 0 Å². The van der Waals surface area contributed by atoms with Crippen LogP contribution in [0.1, 0.15) is 56.9 Å². The molecule has 236 valence electrons. The van der Waals surface area contributed by atoms with Crippen LogP contribution in [-0.2, 0) is 11.2 Å². The number of amides is 1. The summed E-state index contributed by atoms with van der Waals surface area (Å²) >= 11 is 6.88. The molecule has 8 heterocycles. The van der Waals surface area contributed by atoms with E-state index in [2.05, 4.69) is 20.0 Å². The van der Waals surface area contributed by atoms with Gasteiger partial charge in [-0.3, -0.25) is 14.8 Å². The minimum absolute atomic E-state index is 0.0521. The van der Waals surface area contributed by atoms with Crippen LogP contribution in [0.4, 0.5) is 10.2 Å². The predicted octanol–water partition coefficient (Wildman–Crippen LogP) is 4.73. The van der Waals surface area contributed by atoms with E-state index in [9.17, 15) is 9.18 Å². The van der Waals surface area contributed by atoms with Crippen LogP contribution in [0.5, 0.6) is 6.01 Å². The van der Waals surface area contributed by atoms with Crippen LogP contribution in [-0.4, -0.2) is 104 Å². The number of rotatable bonds is 3. The first-order valence-electron chi connectivity index (χ1n) is 16.1. The van der Waals surface area contributed by atoms with E-state index in [1.54, 1.807) is 6.20 Å². The number of piperidine rings is 1. The number of benzene rings is 1. The van der Waals surface area contributed by atoms with Crippen molar-refractivity contribution >= 4 is 45.3 Å². The van der Waals surface area contributed by atoms with Gasteiger partial charge in [0.05, 0.1) is 22.9 Å². The molecule has 0 aliphatic carbocycles. The highest BCUT2D eigenvalue weighted by Gasteiger charge is 2.49. The van der Waals surface area contributed by atoms with Gasteiger partial charge >= 0.3 is 6.01 Å². The summed E-state index contributed by atoms with van der Waals surface area (Å²) in [4.78, 5) is 29.4. The van der Waals surface area contributed by atoms with Gasteiger partial charge in [-0.25, -0.2) is 4.39 Å². The number of hydrogen-bond acceptors (Lipinski definition) is 9. The van der Waals surface area contributed by atoms with Crippen molar-refractivity contribution in [2.75, 3.05) is 44.7 Å². The number of hydrogen-bond donors (Lipinski definition) is 1. The molecule has 3 fully saturated rings.